The maximum absolute atomic E-state index is 12.8. The summed E-state index contributed by atoms with van der Waals surface area (Å²) in [4.78, 5) is 88.8. The molecule has 1 heterocycles. The quantitative estimate of drug-likeness (QED) is 0.0672. The van der Waals surface area contributed by atoms with Crippen LogP contribution in [0.4, 0.5) is 4.79 Å². The summed E-state index contributed by atoms with van der Waals surface area (Å²) in [7, 11) is 0. The van der Waals surface area contributed by atoms with Crippen molar-refractivity contribution in [1.82, 2.24) is 35.6 Å². The average molecular weight is 676 g/mol. The van der Waals surface area contributed by atoms with Gasteiger partial charge in [-0.3, -0.25) is 33.9 Å². The van der Waals surface area contributed by atoms with Gasteiger partial charge in [-0.05, 0) is 32.2 Å². The van der Waals surface area contributed by atoms with Gasteiger partial charge < -0.3 is 46.4 Å². The van der Waals surface area contributed by atoms with E-state index in [4.69, 9.17) is 10.2 Å². The van der Waals surface area contributed by atoms with Crippen LogP contribution >= 0.6 is 0 Å². The normalized spacial score (nSPS) is 17.3. The zero-order chi connectivity index (χ0) is 35.4. The van der Waals surface area contributed by atoms with Gasteiger partial charge in [-0.25, -0.2) is 14.4 Å². The standard InChI is InChI=1S/C28H49N7O12/c1-2-32-9-11-33(13-14-35(19-25(41)42)16-15-34(12-10-32)18-24(39)40)17-22(36)29-8-4-3-5-20(26(43)44)30-28(47)31-21(27(45)46)6-7-23(37)38/h20-21H,2-19H2,1H3,(H,29,36)(H,37,38)(H,39,40)(H,41,42)(H,43,44)(H,45,46)(H2,30,31,47)/t20-,21-/m0/s1. The molecule has 0 bridgehead atoms. The van der Waals surface area contributed by atoms with Gasteiger partial charge in [0.15, 0.2) is 0 Å². The lowest BCUT2D eigenvalue weighted by Crippen LogP contribution is -2.51. The third-order valence-electron chi connectivity index (χ3n) is 7.56. The lowest BCUT2D eigenvalue weighted by molar-refractivity contribution is -0.141. The van der Waals surface area contributed by atoms with Crippen LogP contribution in [-0.4, -0.2) is 184 Å². The molecule has 0 unspecified atom stereocenters. The summed E-state index contributed by atoms with van der Waals surface area (Å²) in [6.45, 7) is 6.39. The number of carboxylic acids is 5. The van der Waals surface area contributed by atoms with Crippen molar-refractivity contribution in [3.05, 3.63) is 0 Å². The number of carbonyl (C=O) groups excluding carboxylic acids is 2. The van der Waals surface area contributed by atoms with Crippen molar-refractivity contribution in [3.8, 4) is 0 Å². The highest BCUT2D eigenvalue weighted by molar-refractivity contribution is 5.86. The first-order valence-electron chi connectivity index (χ1n) is 15.5. The molecule has 1 fully saturated rings. The SMILES string of the molecule is CCN1CCN(CC(=O)O)CCN(CC(=O)O)CCN(CC(=O)NCCCC[C@H](NC(=O)N[C@@H](CCC(=O)O)C(=O)O)C(=O)O)CC1. The Bertz CT molecular complexity index is 1060. The first kappa shape index (κ1) is 41.0. The number of carboxylic acid groups (broad SMARTS) is 5. The Hall–Kier alpha value is -4.07. The van der Waals surface area contributed by atoms with E-state index in [1.807, 2.05) is 11.8 Å². The zero-order valence-electron chi connectivity index (χ0n) is 26.8. The van der Waals surface area contributed by atoms with Gasteiger partial charge in [0.25, 0.3) is 0 Å². The summed E-state index contributed by atoms with van der Waals surface area (Å²) >= 11 is 0. The molecule has 0 saturated carbocycles. The molecule has 3 amide bonds. The van der Waals surface area contributed by atoms with Gasteiger partial charge in [-0.2, -0.15) is 0 Å². The minimum Gasteiger partial charge on any atom is -0.481 e. The number of likely N-dealkylation sites (N-methyl/N-ethyl adjacent to an activating group) is 1. The van der Waals surface area contributed by atoms with E-state index in [1.54, 1.807) is 9.80 Å². The lowest BCUT2D eigenvalue weighted by atomic mass is 10.1. The number of nitrogens with one attached hydrogen (secondary N) is 3. The van der Waals surface area contributed by atoms with Crippen LogP contribution in [-0.2, 0) is 28.8 Å². The van der Waals surface area contributed by atoms with Crippen molar-refractivity contribution in [2.24, 2.45) is 0 Å². The molecule has 0 aromatic carbocycles. The van der Waals surface area contributed by atoms with Gasteiger partial charge in [0.05, 0.1) is 19.6 Å². The van der Waals surface area contributed by atoms with E-state index in [-0.39, 0.29) is 44.9 Å². The second-order valence-corrected chi connectivity index (χ2v) is 11.2. The van der Waals surface area contributed by atoms with Crippen molar-refractivity contribution in [2.45, 2.75) is 51.1 Å². The number of amides is 3. The Balaban J connectivity index is 2.63. The number of urea groups is 1. The fourth-order valence-corrected chi connectivity index (χ4v) is 4.85. The zero-order valence-corrected chi connectivity index (χ0v) is 26.8. The van der Waals surface area contributed by atoms with Crippen LogP contribution in [0.1, 0.15) is 39.0 Å². The number of unbranched alkanes of at least 4 members (excludes halogenated alkanes) is 1. The molecule has 47 heavy (non-hydrogen) atoms. The summed E-state index contributed by atoms with van der Waals surface area (Å²) in [6, 6.07) is -3.91. The van der Waals surface area contributed by atoms with Gasteiger partial charge in [0, 0.05) is 65.3 Å². The Morgan fingerprint density at radius 3 is 1.40 bits per heavy atom. The fraction of sp³-hybridized carbons (Fsp3) is 0.750. The summed E-state index contributed by atoms with van der Waals surface area (Å²) in [5, 5.41) is 53.0. The molecular weight excluding hydrogens is 626 g/mol. The maximum Gasteiger partial charge on any atom is 0.326 e. The third-order valence-corrected chi connectivity index (χ3v) is 7.56. The van der Waals surface area contributed by atoms with Crippen LogP contribution in [0.25, 0.3) is 0 Å². The van der Waals surface area contributed by atoms with Crippen LogP contribution < -0.4 is 16.0 Å². The van der Waals surface area contributed by atoms with E-state index >= 15 is 0 Å². The van der Waals surface area contributed by atoms with Crippen LogP contribution in [0.5, 0.6) is 0 Å². The van der Waals surface area contributed by atoms with Crippen molar-refractivity contribution in [2.75, 3.05) is 85.1 Å². The molecule has 0 aromatic heterocycles. The van der Waals surface area contributed by atoms with E-state index < -0.39 is 54.4 Å². The highest BCUT2D eigenvalue weighted by Gasteiger charge is 2.25. The highest BCUT2D eigenvalue weighted by atomic mass is 16.4. The van der Waals surface area contributed by atoms with E-state index in [1.165, 1.54) is 0 Å². The van der Waals surface area contributed by atoms with Crippen LogP contribution in [0.3, 0.4) is 0 Å². The molecule has 1 rings (SSSR count). The molecule has 268 valence electrons. The summed E-state index contributed by atoms with van der Waals surface area (Å²) < 4.78 is 0. The Morgan fingerprint density at radius 2 is 1.00 bits per heavy atom. The monoisotopic (exact) mass is 675 g/mol. The summed E-state index contributed by atoms with van der Waals surface area (Å²) in [6.07, 6.45) is -0.195. The topological polar surface area (TPSA) is 270 Å². The van der Waals surface area contributed by atoms with Gasteiger partial charge >= 0.3 is 35.9 Å². The Labute approximate surface area is 272 Å². The van der Waals surface area contributed by atoms with Crippen molar-refractivity contribution >= 4 is 41.8 Å². The predicted octanol–water partition coefficient (Wildman–Crippen LogP) is -2.25. The first-order chi connectivity index (χ1) is 22.2. The Kier molecular flexibility index (Phi) is 19.6. The highest BCUT2D eigenvalue weighted by Crippen LogP contribution is 2.04. The summed E-state index contributed by atoms with van der Waals surface area (Å²) in [5.41, 5.74) is 0. The van der Waals surface area contributed by atoms with E-state index in [2.05, 4.69) is 20.9 Å². The Morgan fingerprint density at radius 1 is 0.574 bits per heavy atom. The maximum atomic E-state index is 12.8. The largest absolute Gasteiger partial charge is 0.481 e. The van der Waals surface area contributed by atoms with Crippen LogP contribution in [0.2, 0.25) is 0 Å². The molecule has 0 spiro atoms. The molecule has 19 heteroatoms. The minimum absolute atomic E-state index is 0.00618. The fourth-order valence-electron chi connectivity index (χ4n) is 4.85. The predicted molar refractivity (Wildman–Crippen MR) is 165 cm³/mol. The number of rotatable bonds is 19. The van der Waals surface area contributed by atoms with Crippen molar-refractivity contribution in [3.63, 3.8) is 0 Å². The average Bonchev–Trinajstić information content (AvgIpc) is 2.97. The number of hydrogen-bond acceptors (Lipinski definition) is 11. The molecule has 1 aliphatic rings. The summed E-state index contributed by atoms with van der Waals surface area (Å²) in [5.74, 6) is -6.28. The van der Waals surface area contributed by atoms with Gasteiger partial charge in [0.2, 0.25) is 5.91 Å². The molecular formula is C28H49N7O12. The number of aliphatic carboxylic acids is 5. The van der Waals surface area contributed by atoms with Gasteiger partial charge in [-0.15, -0.1) is 0 Å². The van der Waals surface area contributed by atoms with Crippen molar-refractivity contribution < 1.29 is 59.1 Å². The van der Waals surface area contributed by atoms with Crippen LogP contribution in [0, 0.1) is 0 Å². The number of hydrogen-bond donors (Lipinski definition) is 8. The molecule has 19 nitrogen and oxygen atoms in total. The molecule has 0 aromatic rings. The van der Waals surface area contributed by atoms with E-state index in [9.17, 15) is 48.9 Å². The van der Waals surface area contributed by atoms with Crippen molar-refractivity contribution in [1.29, 1.82) is 0 Å². The molecule has 1 saturated heterocycles. The lowest BCUT2D eigenvalue weighted by Gasteiger charge is -2.33. The third kappa shape index (κ3) is 19.3. The molecule has 0 aliphatic carbocycles. The second-order valence-electron chi connectivity index (χ2n) is 11.2. The van der Waals surface area contributed by atoms with E-state index in [0.29, 0.717) is 65.2 Å². The number of carbonyl (C=O) groups is 7. The smallest absolute Gasteiger partial charge is 0.326 e. The molecule has 0 radical (unpaired) electrons. The van der Waals surface area contributed by atoms with Crippen LogP contribution in [0.15, 0.2) is 0 Å². The van der Waals surface area contributed by atoms with Gasteiger partial charge in [0.1, 0.15) is 12.1 Å². The minimum atomic E-state index is -1.51. The molecule has 2 atom stereocenters. The molecule has 1 aliphatic heterocycles. The van der Waals surface area contributed by atoms with Gasteiger partial charge in [-0.1, -0.05) is 6.92 Å². The first-order valence-corrected chi connectivity index (χ1v) is 15.5. The second kappa shape index (κ2) is 22.5. The van der Waals surface area contributed by atoms with E-state index in [0.717, 1.165) is 6.54 Å². The molecule has 8 N–H and O–H groups in total. The number of nitrogens with zero attached hydrogens (tertiary/aromatic N) is 4.